The third kappa shape index (κ3) is 4.72. The number of nitrogens with one attached hydrogen (secondary N) is 2. The molecule has 2 aromatic rings. The summed E-state index contributed by atoms with van der Waals surface area (Å²) in [4.78, 5) is 4.59. The Morgan fingerprint density at radius 1 is 1.27 bits per heavy atom. The molecule has 0 unspecified atom stereocenters. The summed E-state index contributed by atoms with van der Waals surface area (Å²) in [7, 11) is 0. The Balaban J connectivity index is 1.87. The normalized spacial score (nSPS) is 12.1. The van der Waals surface area contributed by atoms with Gasteiger partial charge in [-0.05, 0) is 31.4 Å². The van der Waals surface area contributed by atoms with Gasteiger partial charge in [0.15, 0.2) is 11.6 Å². The molecule has 6 nitrogen and oxygen atoms in total. The largest absolute Gasteiger partial charge is 0.357 e. The van der Waals surface area contributed by atoms with Gasteiger partial charge in [-0.25, -0.2) is 0 Å². The van der Waals surface area contributed by atoms with Crippen LogP contribution in [0.1, 0.15) is 33.0 Å². The Hall–Kier alpha value is -2.11. The molecule has 2 rings (SSSR count). The summed E-state index contributed by atoms with van der Waals surface area (Å²) in [6.07, 6.45) is 3.90. The Morgan fingerprint density at radius 2 is 2.14 bits per heavy atom. The standard InChI is InChI=1S/C16H26N6/c1-4-17-16(18-10-8-13(2)3)19-11-9-15-21-20-14-7-5-6-12-22(14)15/h5-7,12-13H,4,8-11H2,1-3H3,(H2,17,18,19). The molecule has 0 aromatic carbocycles. The van der Waals surface area contributed by atoms with Crippen molar-refractivity contribution < 1.29 is 0 Å². The van der Waals surface area contributed by atoms with Gasteiger partial charge in [0.1, 0.15) is 5.82 Å². The van der Waals surface area contributed by atoms with Crippen LogP contribution >= 0.6 is 0 Å². The molecule has 0 saturated heterocycles. The van der Waals surface area contributed by atoms with E-state index >= 15 is 0 Å². The third-order valence-corrected chi connectivity index (χ3v) is 3.35. The molecule has 2 heterocycles. The van der Waals surface area contributed by atoms with E-state index in [0.29, 0.717) is 5.92 Å². The van der Waals surface area contributed by atoms with Crippen LogP contribution in [0.4, 0.5) is 0 Å². The lowest BCUT2D eigenvalue weighted by Gasteiger charge is -2.11. The molecule has 22 heavy (non-hydrogen) atoms. The van der Waals surface area contributed by atoms with Crippen molar-refractivity contribution in [1.29, 1.82) is 0 Å². The first kappa shape index (κ1) is 16.3. The maximum absolute atomic E-state index is 4.59. The van der Waals surface area contributed by atoms with Crippen LogP contribution in [0.3, 0.4) is 0 Å². The zero-order valence-electron chi connectivity index (χ0n) is 13.7. The first-order valence-corrected chi connectivity index (χ1v) is 8.01. The highest BCUT2D eigenvalue weighted by atomic mass is 15.2. The highest BCUT2D eigenvalue weighted by Crippen LogP contribution is 2.03. The van der Waals surface area contributed by atoms with Crippen molar-refractivity contribution in [2.24, 2.45) is 10.9 Å². The van der Waals surface area contributed by atoms with Gasteiger partial charge in [-0.3, -0.25) is 9.39 Å². The van der Waals surface area contributed by atoms with E-state index in [2.05, 4.69) is 46.6 Å². The molecule has 120 valence electrons. The summed E-state index contributed by atoms with van der Waals surface area (Å²) < 4.78 is 2.02. The Bertz CT molecular complexity index is 601. The smallest absolute Gasteiger partial charge is 0.191 e. The van der Waals surface area contributed by atoms with Crippen LogP contribution in [0.15, 0.2) is 29.4 Å². The first-order valence-electron chi connectivity index (χ1n) is 8.01. The number of rotatable bonds is 7. The van der Waals surface area contributed by atoms with Crippen LogP contribution in [0.5, 0.6) is 0 Å². The van der Waals surface area contributed by atoms with Crippen molar-refractivity contribution in [3.8, 4) is 0 Å². The molecule has 0 aliphatic rings. The van der Waals surface area contributed by atoms with Crippen LogP contribution in [-0.4, -0.2) is 40.2 Å². The van der Waals surface area contributed by atoms with Gasteiger partial charge in [-0.1, -0.05) is 19.9 Å². The van der Waals surface area contributed by atoms with Gasteiger partial charge in [0, 0.05) is 32.3 Å². The van der Waals surface area contributed by atoms with Gasteiger partial charge in [0.2, 0.25) is 0 Å². The van der Waals surface area contributed by atoms with Crippen LogP contribution in [0.25, 0.3) is 5.65 Å². The number of pyridine rings is 1. The summed E-state index contributed by atoms with van der Waals surface area (Å²) in [6.45, 7) is 9.00. The van der Waals surface area contributed by atoms with E-state index in [4.69, 9.17) is 0 Å². The zero-order valence-corrected chi connectivity index (χ0v) is 13.7. The monoisotopic (exact) mass is 302 g/mol. The fourth-order valence-corrected chi connectivity index (χ4v) is 2.13. The topological polar surface area (TPSA) is 66.6 Å². The van der Waals surface area contributed by atoms with Gasteiger partial charge in [-0.15, -0.1) is 10.2 Å². The van der Waals surface area contributed by atoms with Crippen molar-refractivity contribution in [2.75, 3.05) is 19.6 Å². The van der Waals surface area contributed by atoms with E-state index in [1.807, 2.05) is 28.8 Å². The van der Waals surface area contributed by atoms with Crippen LogP contribution < -0.4 is 10.6 Å². The predicted octanol–water partition coefficient (Wildman–Crippen LogP) is 1.87. The number of aliphatic imine (C=N–C) groups is 1. The van der Waals surface area contributed by atoms with E-state index in [-0.39, 0.29) is 0 Å². The molecule has 0 spiro atoms. The molecular formula is C16H26N6. The van der Waals surface area contributed by atoms with E-state index in [1.54, 1.807) is 0 Å². The molecule has 0 bridgehead atoms. The minimum Gasteiger partial charge on any atom is -0.357 e. The minimum atomic E-state index is 0.675. The zero-order chi connectivity index (χ0) is 15.8. The molecule has 0 atom stereocenters. The second-order valence-electron chi connectivity index (χ2n) is 5.67. The second-order valence-corrected chi connectivity index (χ2v) is 5.67. The lowest BCUT2D eigenvalue weighted by molar-refractivity contribution is 0.594. The Morgan fingerprint density at radius 3 is 2.91 bits per heavy atom. The number of guanidine groups is 1. The maximum Gasteiger partial charge on any atom is 0.191 e. The SMILES string of the molecule is CCNC(=NCCC(C)C)NCCc1nnc2ccccn12. The predicted molar refractivity (Wildman–Crippen MR) is 90.1 cm³/mol. The van der Waals surface area contributed by atoms with Crippen molar-refractivity contribution in [3.05, 3.63) is 30.2 Å². The van der Waals surface area contributed by atoms with E-state index < -0.39 is 0 Å². The van der Waals surface area contributed by atoms with E-state index in [1.165, 1.54) is 0 Å². The van der Waals surface area contributed by atoms with Crippen molar-refractivity contribution in [2.45, 2.75) is 33.6 Å². The molecule has 0 radical (unpaired) electrons. The highest BCUT2D eigenvalue weighted by molar-refractivity contribution is 5.79. The van der Waals surface area contributed by atoms with Gasteiger partial charge in [0.25, 0.3) is 0 Å². The number of hydrogen-bond donors (Lipinski definition) is 2. The Labute approximate surface area is 132 Å². The fraction of sp³-hybridized carbons (Fsp3) is 0.562. The number of aromatic nitrogens is 3. The van der Waals surface area contributed by atoms with E-state index in [0.717, 1.165) is 49.9 Å². The van der Waals surface area contributed by atoms with Gasteiger partial charge in [0.05, 0.1) is 0 Å². The van der Waals surface area contributed by atoms with Crippen molar-refractivity contribution in [3.63, 3.8) is 0 Å². The molecule has 6 heteroatoms. The minimum absolute atomic E-state index is 0.675. The summed E-state index contributed by atoms with van der Waals surface area (Å²) >= 11 is 0. The fourth-order valence-electron chi connectivity index (χ4n) is 2.13. The third-order valence-electron chi connectivity index (χ3n) is 3.35. The quantitative estimate of drug-likeness (QED) is 0.605. The van der Waals surface area contributed by atoms with Crippen LogP contribution in [-0.2, 0) is 6.42 Å². The summed E-state index contributed by atoms with van der Waals surface area (Å²) in [6, 6.07) is 5.92. The molecule has 0 amide bonds. The lowest BCUT2D eigenvalue weighted by Crippen LogP contribution is -2.38. The Kier molecular flexibility index (Phi) is 6.18. The van der Waals surface area contributed by atoms with Crippen molar-refractivity contribution in [1.82, 2.24) is 25.2 Å². The highest BCUT2D eigenvalue weighted by Gasteiger charge is 2.04. The van der Waals surface area contributed by atoms with Crippen molar-refractivity contribution >= 4 is 11.6 Å². The molecular weight excluding hydrogens is 276 g/mol. The lowest BCUT2D eigenvalue weighted by atomic mass is 10.1. The number of nitrogens with zero attached hydrogens (tertiary/aromatic N) is 4. The summed E-state index contributed by atoms with van der Waals surface area (Å²) in [5.74, 6) is 2.51. The summed E-state index contributed by atoms with van der Waals surface area (Å²) in [5, 5.41) is 15.0. The molecule has 0 saturated carbocycles. The molecule has 2 aromatic heterocycles. The number of hydrogen-bond acceptors (Lipinski definition) is 3. The first-order chi connectivity index (χ1) is 10.7. The molecule has 0 aliphatic carbocycles. The van der Waals surface area contributed by atoms with E-state index in [9.17, 15) is 0 Å². The van der Waals surface area contributed by atoms with Crippen LogP contribution in [0.2, 0.25) is 0 Å². The van der Waals surface area contributed by atoms with Gasteiger partial charge in [-0.2, -0.15) is 0 Å². The average Bonchev–Trinajstić information content (AvgIpc) is 2.90. The average molecular weight is 302 g/mol. The number of fused-ring (bicyclic) bond motifs is 1. The second kappa shape index (κ2) is 8.36. The molecule has 0 aliphatic heterocycles. The van der Waals surface area contributed by atoms with Gasteiger partial charge < -0.3 is 10.6 Å². The molecule has 0 fully saturated rings. The van der Waals surface area contributed by atoms with Crippen LogP contribution in [0, 0.1) is 5.92 Å². The maximum atomic E-state index is 4.59. The summed E-state index contributed by atoms with van der Waals surface area (Å²) in [5.41, 5.74) is 0.884. The molecule has 2 N–H and O–H groups in total. The van der Waals surface area contributed by atoms with Gasteiger partial charge >= 0.3 is 0 Å².